The zero-order valence-corrected chi connectivity index (χ0v) is 25.0. The summed E-state index contributed by atoms with van der Waals surface area (Å²) in [5.74, 6) is 1.04. The number of carbonyl (C=O) groups excluding carboxylic acids is 1. The molecule has 13 nitrogen and oxygen atoms in total. The van der Waals surface area contributed by atoms with E-state index in [1.807, 2.05) is 19.1 Å². The van der Waals surface area contributed by atoms with Crippen molar-refractivity contribution in [2.75, 3.05) is 39.1 Å². The van der Waals surface area contributed by atoms with E-state index in [-0.39, 0.29) is 42.0 Å². The molecule has 0 saturated heterocycles. The number of nitriles is 1. The number of rotatable bonds is 11. The van der Waals surface area contributed by atoms with Gasteiger partial charge < -0.3 is 28.8 Å². The van der Waals surface area contributed by atoms with Gasteiger partial charge in [-0.05, 0) is 44.4 Å². The molecule has 3 heterocycles. The molecule has 1 unspecified atom stereocenters. The summed E-state index contributed by atoms with van der Waals surface area (Å²) >= 11 is 0. The van der Waals surface area contributed by atoms with Crippen molar-refractivity contribution in [2.45, 2.75) is 44.9 Å². The fraction of sp³-hybridized carbons (Fsp3) is 0.367. The molecule has 5 rings (SSSR count). The summed E-state index contributed by atoms with van der Waals surface area (Å²) < 4.78 is 37.5. The molecule has 2 atom stereocenters. The van der Waals surface area contributed by atoms with E-state index in [1.54, 1.807) is 49.0 Å². The van der Waals surface area contributed by atoms with Gasteiger partial charge in [0.1, 0.15) is 29.7 Å². The first kappa shape index (κ1) is 30.1. The van der Waals surface area contributed by atoms with Crippen LogP contribution in [0.25, 0.3) is 10.9 Å². The Balaban J connectivity index is 1.35. The molecule has 1 aliphatic rings. The number of nitrogens with one attached hydrogen (secondary N) is 2. The second-order valence-corrected chi connectivity index (χ2v) is 10.3. The van der Waals surface area contributed by atoms with E-state index in [0.717, 1.165) is 12.0 Å². The second kappa shape index (κ2) is 12.9. The number of hydrogen-bond donors (Lipinski definition) is 2. The third-order valence-electron chi connectivity index (χ3n) is 7.57. The average molecular weight is 605 g/mol. The standard InChI is InChI=1S/C30H33FN8O5/c1-17(38(2)29(40)23-16-44-27(14-32)34-23)7-6-8-26-36-28-20-12-21(31)25(43-5)13-22(20)35-30(39(28)37-26)33-15-18-9-10-19(41-3)11-24(18)42-4/h9-13,16-17,26,36-37H,6-8,15H2,1-5H3/t17-,26?/m0/s1. The summed E-state index contributed by atoms with van der Waals surface area (Å²) in [6.45, 7) is 2.22. The van der Waals surface area contributed by atoms with Crippen LogP contribution in [0.1, 0.15) is 48.1 Å². The van der Waals surface area contributed by atoms with Gasteiger partial charge in [0.15, 0.2) is 23.3 Å². The third kappa shape index (κ3) is 6.07. The lowest BCUT2D eigenvalue weighted by molar-refractivity contribution is 0.0729. The van der Waals surface area contributed by atoms with Gasteiger partial charge in [0.2, 0.25) is 5.62 Å². The largest absolute Gasteiger partial charge is 0.497 e. The van der Waals surface area contributed by atoms with Gasteiger partial charge >= 0.3 is 5.89 Å². The number of oxazole rings is 1. The Labute approximate surface area is 252 Å². The Hall–Kier alpha value is -5.32. The number of fused-ring (bicyclic) bond motifs is 3. The van der Waals surface area contributed by atoms with Crippen molar-refractivity contribution >= 4 is 22.6 Å². The molecule has 1 aliphatic heterocycles. The molecule has 44 heavy (non-hydrogen) atoms. The van der Waals surface area contributed by atoms with Crippen LogP contribution in [0.15, 0.2) is 46.0 Å². The minimum absolute atomic E-state index is 0.0855. The Morgan fingerprint density at radius 2 is 2.00 bits per heavy atom. The fourth-order valence-electron chi connectivity index (χ4n) is 4.97. The quantitative estimate of drug-likeness (QED) is 0.259. The van der Waals surface area contributed by atoms with Crippen LogP contribution < -0.4 is 30.6 Å². The molecule has 0 spiro atoms. The Bertz CT molecular complexity index is 1800. The van der Waals surface area contributed by atoms with Gasteiger partial charge in [-0.3, -0.25) is 10.2 Å². The summed E-state index contributed by atoms with van der Waals surface area (Å²) in [5, 5.41) is 12.9. The van der Waals surface area contributed by atoms with E-state index in [0.29, 0.717) is 46.7 Å². The van der Waals surface area contributed by atoms with Gasteiger partial charge in [0, 0.05) is 36.2 Å². The van der Waals surface area contributed by atoms with Gasteiger partial charge in [0.05, 0.1) is 33.4 Å². The van der Waals surface area contributed by atoms with Gasteiger partial charge in [0.25, 0.3) is 5.91 Å². The van der Waals surface area contributed by atoms with Gasteiger partial charge in [-0.15, -0.1) is 0 Å². The molecule has 4 aromatic rings. The van der Waals surface area contributed by atoms with E-state index in [4.69, 9.17) is 33.9 Å². The fourth-order valence-corrected chi connectivity index (χ4v) is 4.97. The molecular formula is C30H33FN8O5. The minimum Gasteiger partial charge on any atom is -0.497 e. The number of carbonyl (C=O) groups is 1. The summed E-state index contributed by atoms with van der Waals surface area (Å²) in [6.07, 6.45) is 3.12. The minimum atomic E-state index is -0.502. The van der Waals surface area contributed by atoms with Crippen LogP contribution in [-0.2, 0) is 6.54 Å². The molecule has 1 amide bonds. The molecular weight excluding hydrogens is 571 g/mol. The van der Waals surface area contributed by atoms with Crippen molar-refractivity contribution in [3.63, 3.8) is 0 Å². The lowest BCUT2D eigenvalue weighted by Crippen LogP contribution is -2.36. The summed E-state index contributed by atoms with van der Waals surface area (Å²) in [4.78, 5) is 27.7. The van der Waals surface area contributed by atoms with Crippen molar-refractivity contribution in [3.8, 4) is 23.3 Å². The molecule has 0 aliphatic carbocycles. The van der Waals surface area contributed by atoms with Crippen molar-refractivity contribution in [1.82, 2.24) is 19.5 Å². The third-order valence-corrected chi connectivity index (χ3v) is 7.57. The Morgan fingerprint density at radius 3 is 2.70 bits per heavy atom. The number of benzene rings is 2. The molecule has 0 bridgehead atoms. The lowest BCUT2D eigenvalue weighted by atomic mass is 10.1. The number of aromatic nitrogens is 3. The monoisotopic (exact) mass is 604 g/mol. The van der Waals surface area contributed by atoms with Crippen molar-refractivity contribution < 1.29 is 27.8 Å². The molecule has 0 fully saturated rings. The molecule has 0 saturated carbocycles. The zero-order chi connectivity index (χ0) is 31.4. The summed E-state index contributed by atoms with van der Waals surface area (Å²) in [5.41, 5.74) is 5.23. The maximum Gasteiger partial charge on any atom is 0.301 e. The van der Waals surface area contributed by atoms with Crippen molar-refractivity contribution in [1.29, 1.82) is 5.26 Å². The second-order valence-electron chi connectivity index (χ2n) is 10.3. The SMILES string of the molecule is COc1ccc(CN=c2nc3cc(OC)c(F)cc3c3n2NC(CCC[C@H](C)N(C)C(=O)c2coc(C#N)n2)N3)c(OC)c1. The highest BCUT2D eigenvalue weighted by molar-refractivity contribution is 5.92. The molecule has 0 radical (unpaired) electrons. The van der Waals surface area contributed by atoms with Crippen LogP contribution in [0.3, 0.4) is 0 Å². The van der Waals surface area contributed by atoms with E-state index in [9.17, 15) is 9.18 Å². The lowest BCUT2D eigenvalue weighted by Gasteiger charge is -2.24. The maximum atomic E-state index is 14.8. The molecule has 2 aromatic heterocycles. The van der Waals surface area contributed by atoms with Gasteiger partial charge in [-0.25, -0.2) is 19.0 Å². The molecule has 2 aromatic carbocycles. The van der Waals surface area contributed by atoms with Crippen LogP contribution in [0, 0.1) is 17.1 Å². The van der Waals surface area contributed by atoms with E-state index < -0.39 is 5.82 Å². The van der Waals surface area contributed by atoms with Gasteiger partial charge in [-0.2, -0.15) is 10.2 Å². The predicted octanol–water partition coefficient (Wildman–Crippen LogP) is 3.79. The maximum absolute atomic E-state index is 14.8. The van der Waals surface area contributed by atoms with E-state index in [1.165, 1.54) is 19.4 Å². The Kier molecular flexibility index (Phi) is 8.84. The zero-order valence-electron chi connectivity index (χ0n) is 25.0. The Morgan fingerprint density at radius 1 is 1.20 bits per heavy atom. The normalized spacial score (nSPS) is 14.8. The smallest absolute Gasteiger partial charge is 0.301 e. The first-order valence-electron chi connectivity index (χ1n) is 13.9. The van der Waals surface area contributed by atoms with Crippen LogP contribution in [0.5, 0.6) is 17.2 Å². The summed E-state index contributed by atoms with van der Waals surface area (Å²) in [6, 6.07) is 10.1. The molecule has 14 heteroatoms. The molecule has 230 valence electrons. The number of methoxy groups -OCH3 is 3. The number of ether oxygens (including phenoxy) is 3. The van der Waals surface area contributed by atoms with Crippen LogP contribution in [0.2, 0.25) is 0 Å². The molecule has 2 N–H and O–H groups in total. The van der Waals surface area contributed by atoms with Crippen LogP contribution in [-0.4, -0.2) is 66.0 Å². The van der Waals surface area contributed by atoms with Crippen molar-refractivity contribution in [2.24, 2.45) is 4.99 Å². The highest BCUT2D eigenvalue weighted by Crippen LogP contribution is 2.30. The predicted molar refractivity (Wildman–Crippen MR) is 158 cm³/mol. The number of hydrogen-bond acceptors (Lipinski definition) is 11. The highest BCUT2D eigenvalue weighted by atomic mass is 19.1. The van der Waals surface area contributed by atoms with Crippen LogP contribution in [0.4, 0.5) is 10.2 Å². The number of anilines is 1. The topological polar surface area (TPSA) is 152 Å². The first-order chi connectivity index (χ1) is 21.3. The van der Waals surface area contributed by atoms with Gasteiger partial charge in [-0.1, -0.05) is 0 Å². The number of halogens is 1. The van der Waals surface area contributed by atoms with Crippen LogP contribution >= 0.6 is 0 Å². The highest BCUT2D eigenvalue weighted by Gasteiger charge is 2.25. The number of amides is 1. The van der Waals surface area contributed by atoms with E-state index in [2.05, 4.69) is 15.7 Å². The average Bonchev–Trinajstić information content (AvgIpc) is 3.70. The number of nitrogens with zero attached hydrogens (tertiary/aromatic N) is 6. The van der Waals surface area contributed by atoms with E-state index >= 15 is 0 Å². The first-order valence-corrected chi connectivity index (χ1v) is 13.9. The van der Waals surface area contributed by atoms with Crippen molar-refractivity contribution in [3.05, 3.63) is 65.2 Å². The summed E-state index contributed by atoms with van der Waals surface area (Å²) in [7, 11) is 6.28.